The van der Waals surface area contributed by atoms with Crippen molar-refractivity contribution in [3.63, 3.8) is 0 Å². The Morgan fingerprint density at radius 1 is 1.30 bits per heavy atom. The Morgan fingerprint density at radius 2 is 2.05 bits per heavy atom. The van der Waals surface area contributed by atoms with E-state index in [9.17, 15) is 9.59 Å². The zero-order chi connectivity index (χ0) is 15.0. The van der Waals surface area contributed by atoms with Crippen molar-refractivity contribution in [3.05, 3.63) is 34.9 Å². The monoisotopic (exact) mass is 296 g/mol. The third kappa shape index (κ3) is 6.06. The number of halogens is 1. The number of benzene rings is 1. The highest BCUT2D eigenvalue weighted by Gasteiger charge is 2.09. The highest BCUT2D eigenvalue weighted by atomic mass is 35.5. The van der Waals surface area contributed by atoms with Crippen molar-refractivity contribution >= 4 is 23.4 Å². The molecule has 0 bridgehead atoms. The van der Waals surface area contributed by atoms with E-state index in [1.165, 1.54) is 0 Å². The van der Waals surface area contributed by atoms with E-state index < -0.39 is 0 Å². The number of carbonyl (C=O) groups is 2. The van der Waals surface area contributed by atoms with Crippen molar-refractivity contribution < 1.29 is 9.59 Å². The van der Waals surface area contributed by atoms with Crippen molar-refractivity contribution in [1.82, 2.24) is 10.2 Å². The van der Waals surface area contributed by atoms with E-state index in [0.29, 0.717) is 31.1 Å². The van der Waals surface area contributed by atoms with Gasteiger partial charge in [-0.1, -0.05) is 30.7 Å². The van der Waals surface area contributed by atoms with Gasteiger partial charge < -0.3 is 10.2 Å². The van der Waals surface area contributed by atoms with Crippen LogP contribution < -0.4 is 5.32 Å². The van der Waals surface area contributed by atoms with E-state index >= 15 is 0 Å². The molecule has 0 spiro atoms. The maximum Gasteiger partial charge on any atom is 0.219 e. The van der Waals surface area contributed by atoms with Crippen molar-refractivity contribution in [3.8, 4) is 0 Å². The predicted octanol–water partition coefficient (Wildman–Crippen LogP) is 2.26. The summed E-state index contributed by atoms with van der Waals surface area (Å²) in [4.78, 5) is 24.4. The van der Waals surface area contributed by atoms with E-state index in [-0.39, 0.29) is 11.8 Å². The van der Waals surface area contributed by atoms with Gasteiger partial charge in [0.1, 0.15) is 0 Å². The quantitative estimate of drug-likeness (QED) is 0.839. The van der Waals surface area contributed by atoms with Crippen LogP contribution in [-0.2, 0) is 16.0 Å². The molecule has 20 heavy (non-hydrogen) atoms. The number of nitrogens with one attached hydrogen (secondary N) is 1. The molecule has 0 aromatic heterocycles. The van der Waals surface area contributed by atoms with Crippen LogP contribution in [0.4, 0.5) is 0 Å². The molecule has 1 aromatic rings. The number of rotatable bonds is 7. The highest BCUT2D eigenvalue weighted by Crippen LogP contribution is 2.11. The summed E-state index contributed by atoms with van der Waals surface area (Å²) in [7, 11) is 0. The molecule has 5 heteroatoms. The number of amides is 2. The van der Waals surface area contributed by atoms with E-state index in [2.05, 4.69) is 5.32 Å². The molecule has 1 aromatic carbocycles. The van der Waals surface area contributed by atoms with Gasteiger partial charge in [-0.2, -0.15) is 0 Å². The summed E-state index contributed by atoms with van der Waals surface area (Å²) in [6, 6.07) is 7.62. The van der Waals surface area contributed by atoms with Crippen molar-refractivity contribution in [1.29, 1.82) is 0 Å². The number of carbonyl (C=O) groups excluding carboxylic acids is 2. The maximum atomic E-state index is 11.6. The molecule has 0 atom stereocenters. The molecule has 4 nitrogen and oxygen atoms in total. The van der Waals surface area contributed by atoms with E-state index in [4.69, 9.17) is 11.6 Å². The summed E-state index contributed by atoms with van der Waals surface area (Å²) in [5, 5.41) is 3.47. The molecular weight excluding hydrogens is 276 g/mol. The highest BCUT2D eigenvalue weighted by molar-refractivity contribution is 6.30. The Balaban J connectivity index is 2.43. The fourth-order valence-corrected chi connectivity index (χ4v) is 2.05. The largest absolute Gasteiger partial charge is 0.354 e. The van der Waals surface area contributed by atoms with Gasteiger partial charge in [0.25, 0.3) is 0 Å². The van der Waals surface area contributed by atoms with Gasteiger partial charge in [-0.3, -0.25) is 9.59 Å². The topological polar surface area (TPSA) is 49.4 Å². The van der Waals surface area contributed by atoms with Crippen molar-refractivity contribution in [2.24, 2.45) is 0 Å². The smallest absolute Gasteiger partial charge is 0.219 e. The third-order valence-corrected chi connectivity index (χ3v) is 3.26. The van der Waals surface area contributed by atoms with Crippen LogP contribution in [0.5, 0.6) is 0 Å². The Kier molecular flexibility index (Phi) is 7.09. The molecule has 0 radical (unpaired) electrons. The summed E-state index contributed by atoms with van der Waals surface area (Å²) in [6.07, 6.45) is 1.21. The van der Waals surface area contributed by atoms with Gasteiger partial charge in [-0.15, -0.1) is 0 Å². The molecule has 110 valence electrons. The SMILES string of the molecule is CCC(=O)NCCN(CCc1cccc(Cl)c1)C(C)=O. The van der Waals surface area contributed by atoms with Crippen LogP contribution >= 0.6 is 11.6 Å². The van der Waals surface area contributed by atoms with Gasteiger partial charge in [0, 0.05) is 38.0 Å². The fraction of sp³-hybridized carbons (Fsp3) is 0.467. The van der Waals surface area contributed by atoms with Crippen LogP contribution in [0.2, 0.25) is 5.02 Å². The van der Waals surface area contributed by atoms with Gasteiger partial charge in [0.15, 0.2) is 0 Å². The second kappa shape index (κ2) is 8.59. The lowest BCUT2D eigenvalue weighted by atomic mass is 10.1. The lowest BCUT2D eigenvalue weighted by Crippen LogP contribution is -2.38. The van der Waals surface area contributed by atoms with Crippen LogP contribution in [-0.4, -0.2) is 36.3 Å². The molecule has 1 N–H and O–H groups in total. The fourth-order valence-electron chi connectivity index (χ4n) is 1.84. The minimum Gasteiger partial charge on any atom is -0.354 e. The molecule has 0 saturated carbocycles. The Hall–Kier alpha value is -1.55. The normalized spacial score (nSPS) is 10.2. The second-order valence-corrected chi connectivity index (χ2v) is 5.03. The first kappa shape index (κ1) is 16.5. The lowest BCUT2D eigenvalue weighted by Gasteiger charge is -2.21. The summed E-state index contributed by atoms with van der Waals surface area (Å²) in [5.41, 5.74) is 1.10. The molecular formula is C15H21ClN2O2. The molecule has 0 aliphatic rings. The predicted molar refractivity (Wildman–Crippen MR) is 80.7 cm³/mol. The first-order valence-electron chi connectivity index (χ1n) is 6.79. The summed E-state index contributed by atoms with van der Waals surface area (Å²) in [5.74, 6) is 0.0149. The second-order valence-electron chi connectivity index (χ2n) is 4.59. The molecule has 2 amide bonds. The lowest BCUT2D eigenvalue weighted by molar-refractivity contribution is -0.129. The summed E-state index contributed by atoms with van der Waals surface area (Å²) < 4.78 is 0. The van der Waals surface area contributed by atoms with Gasteiger partial charge in [0.05, 0.1) is 0 Å². The number of hydrogen-bond donors (Lipinski definition) is 1. The molecule has 0 unspecified atom stereocenters. The van der Waals surface area contributed by atoms with Crippen LogP contribution in [0.15, 0.2) is 24.3 Å². The van der Waals surface area contributed by atoms with Crippen molar-refractivity contribution in [2.45, 2.75) is 26.7 Å². The average molecular weight is 297 g/mol. The Labute approximate surface area is 125 Å². The molecule has 0 saturated heterocycles. The van der Waals surface area contributed by atoms with E-state index in [1.807, 2.05) is 24.3 Å². The zero-order valence-electron chi connectivity index (χ0n) is 12.0. The van der Waals surface area contributed by atoms with Crippen LogP contribution in [0.25, 0.3) is 0 Å². The first-order valence-corrected chi connectivity index (χ1v) is 7.17. The standard InChI is InChI=1S/C15H21ClN2O2/c1-3-15(20)17-8-10-18(12(2)19)9-7-13-5-4-6-14(16)11-13/h4-6,11H,3,7-10H2,1-2H3,(H,17,20). The minimum atomic E-state index is 0.00310. The van der Waals surface area contributed by atoms with E-state index in [1.54, 1.807) is 18.7 Å². The summed E-state index contributed by atoms with van der Waals surface area (Å²) >= 11 is 5.93. The van der Waals surface area contributed by atoms with Gasteiger partial charge in [-0.25, -0.2) is 0 Å². The van der Waals surface area contributed by atoms with Gasteiger partial charge in [0.2, 0.25) is 11.8 Å². The minimum absolute atomic E-state index is 0.00310. The Morgan fingerprint density at radius 3 is 2.65 bits per heavy atom. The Bertz CT molecular complexity index is 463. The number of hydrogen-bond acceptors (Lipinski definition) is 2. The molecule has 0 fully saturated rings. The third-order valence-electron chi connectivity index (χ3n) is 3.03. The average Bonchev–Trinajstić information content (AvgIpc) is 2.41. The first-order chi connectivity index (χ1) is 9.52. The van der Waals surface area contributed by atoms with E-state index in [0.717, 1.165) is 12.0 Å². The van der Waals surface area contributed by atoms with Crippen LogP contribution in [0.1, 0.15) is 25.8 Å². The van der Waals surface area contributed by atoms with Crippen molar-refractivity contribution in [2.75, 3.05) is 19.6 Å². The molecule has 0 aliphatic heterocycles. The summed E-state index contributed by atoms with van der Waals surface area (Å²) in [6.45, 7) is 4.98. The van der Waals surface area contributed by atoms with Crippen LogP contribution in [0.3, 0.4) is 0 Å². The maximum absolute atomic E-state index is 11.6. The molecule has 1 rings (SSSR count). The van der Waals surface area contributed by atoms with Crippen LogP contribution in [0, 0.1) is 0 Å². The number of nitrogens with zero attached hydrogens (tertiary/aromatic N) is 1. The molecule has 0 aliphatic carbocycles. The van der Waals surface area contributed by atoms with Gasteiger partial charge in [-0.05, 0) is 24.1 Å². The van der Waals surface area contributed by atoms with Gasteiger partial charge >= 0.3 is 0 Å². The molecule has 0 heterocycles. The zero-order valence-corrected chi connectivity index (χ0v) is 12.7.